The van der Waals surface area contributed by atoms with Gasteiger partial charge in [-0.3, -0.25) is 0 Å². The fourth-order valence-corrected chi connectivity index (χ4v) is 2.64. The Morgan fingerprint density at radius 3 is 2.79 bits per heavy atom. The van der Waals surface area contributed by atoms with E-state index >= 15 is 0 Å². The summed E-state index contributed by atoms with van der Waals surface area (Å²) in [5, 5.41) is 0. The molecule has 0 unspecified atom stereocenters. The summed E-state index contributed by atoms with van der Waals surface area (Å²) in [7, 11) is 0. The lowest BCUT2D eigenvalue weighted by atomic mass is 10.1. The molecule has 1 aliphatic rings. The number of thioether (sulfide) groups is 1. The number of fused-ring (bicyclic) bond motifs is 1. The van der Waals surface area contributed by atoms with Crippen LogP contribution in [-0.2, 0) is 18.1 Å². The van der Waals surface area contributed by atoms with Crippen LogP contribution in [0.15, 0.2) is 0 Å². The van der Waals surface area contributed by atoms with Crippen molar-refractivity contribution in [3.8, 4) is 0 Å². The summed E-state index contributed by atoms with van der Waals surface area (Å²) in [6.07, 6.45) is 0. The van der Waals surface area contributed by atoms with Gasteiger partial charge in [-0.25, -0.2) is 9.97 Å². The van der Waals surface area contributed by atoms with Gasteiger partial charge in [0.15, 0.2) is 0 Å². The highest BCUT2D eigenvalue weighted by atomic mass is 32.2. The molecule has 0 saturated heterocycles. The van der Waals surface area contributed by atoms with Gasteiger partial charge < -0.3 is 5.73 Å². The van der Waals surface area contributed by atoms with Crippen molar-refractivity contribution in [1.82, 2.24) is 9.97 Å². The number of aromatic nitrogens is 2. The van der Waals surface area contributed by atoms with Crippen molar-refractivity contribution in [1.29, 1.82) is 0 Å². The van der Waals surface area contributed by atoms with Gasteiger partial charge in [-0.05, 0) is 0 Å². The van der Waals surface area contributed by atoms with Gasteiger partial charge >= 0.3 is 0 Å². The Morgan fingerprint density at radius 1 is 1.36 bits per heavy atom. The van der Waals surface area contributed by atoms with E-state index in [1.165, 1.54) is 11.3 Å². The van der Waals surface area contributed by atoms with Gasteiger partial charge in [0.25, 0.3) is 0 Å². The average molecular weight is 209 g/mol. The van der Waals surface area contributed by atoms with E-state index in [1.807, 2.05) is 11.8 Å². The van der Waals surface area contributed by atoms with E-state index in [1.54, 1.807) is 0 Å². The van der Waals surface area contributed by atoms with Crippen LogP contribution >= 0.6 is 11.8 Å². The van der Waals surface area contributed by atoms with Gasteiger partial charge in [-0.1, -0.05) is 13.8 Å². The molecule has 2 N–H and O–H groups in total. The van der Waals surface area contributed by atoms with Crippen molar-refractivity contribution >= 4 is 11.8 Å². The van der Waals surface area contributed by atoms with E-state index in [-0.39, 0.29) is 0 Å². The predicted octanol–water partition coefficient (Wildman–Crippen LogP) is 1.81. The Morgan fingerprint density at radius 2 is 2.14 bits per heavy atom. The van der Waals surface area contributed by atoms with Gasteiger partial charge in [0, 0.05) is 29.5 Å². The van der Waals surface area contributed by atoms with Gasteiger partial charge in [0.2, 0.25) is 0 Å². The zero-order chi connectivity index (χ0) is 10.1. The lowest BCUT2D eigenvalue weighted by Gasteiger charge is -2.09. The summed E-state index contributed by atoms with van der Waals surface area (Å²) in [5.74, 6) is 3.37. The van der Waals surface area contributed by atoms with Crippen LogP contribution in [-0.4, -0.2) is 9.97 Å². The molecular weight excluding hydrogens is 194 g/mol. The molecule has 1 aromatic heterocycles. The minimum absolute atomic E-state index is 0.385. The van der Waals surface area contributed by atoms with Crippen LogP contribution in [0.2, 0.25) is 0 Å². The third-order valence-corrected chi connectivity index (χ3v) is 3.36. The van der Waals surface area contributed by atoms with Gasteiger partial charge in [-0.15, -0.1) is 0 Å². The van der Waals surface area contributed by atoms with Gasteiger partial charge in [-0.2, -0.15) is 11.8 Å². The molecule has 1 aliphatic heterocycles. The number of hydrogen-bond donors (Lipinski definition) is 1. The van der Waals surface area contributed by atoms with E-state index in [2.05, 4.69) is 23.8 Å². The molecule has 0 amide bonds. The Balaban J connectivity index is 2.49. The first kappa shape index (κ1) is 9.93. The van der Waals surface area contributed by atoms with Crippen molar-refractivity contribution in [2.75, 3.05) is 0 Å². The molecule has 76 valence electrons. The molecule has 4 heteroatoms. The zero-order valence-electron chi connectivity index (χ0n) is 8.58. The standard InChI is InChI=1S/C10H15N3S/c1-6(2)10-12-8(3-11)7-4-14-5-9(7)13-10/h6H,3-5,11H2,1-2H3. The molecule has 0 saturated carbocycles. The van der Waals surface area contributed by atoms with Crippen molar-refractivity contribution in [3.05, 3.63) is 22.8 Å². The Bertz CT molecular complexity index is 349. The monoisotopic (exact) mass is 209 g/mol. The molecule has 14 heavy (non-hydrogen) atoms. The number of nitrogens with zero attached hydrogens (tertiary/aromatic N) is 2. The van der Waals surface area contributed by atoms with Crippen LogP contribution in [0.4, 0.5) is 0 Å². The van der Waals surface area contributed by atoms with Crippen molar-refractivity contribution < 1.29 is 0 Å². The third kappa shape index (κ3) is 1.64. The smallest absolute Gasteiger partial charge is 0.131 e. The lowest BCUT2D eigenvalue weighted by molar-refractivity contribution is 0.741. The number of hydrogen-bond acceptors (Lipinski definition) is 4. The van der Waals surface area contributed by atoms with E-state index in [9.17, 15) is 0 Å². The summed E-state index contributed by atoms with van der Waals surface area (Å²) < 4.78 is 0. The van der Waals surface area contributed by atoms with Crippen LogP contribution in [0.5, 0.6) is 0 Å². The second kappa shape index (κ2) is 3.87. The largest absolute Gasteiger partial charge is 0.325 e. The van der Waals surface area contributed by atoms with Crippen molar-refractivity contribution in [2.24, 2.45) is 5.73 Å². The lowest BCUT2D eigenvalue weighted by Crippen LogP contribution is -2.10. The maximum absolute atomic E-state index is 5.69. The molecule has 0 aliphatic carbocycles. The van der Waals surface area contributed by atoms with Crippen molar-refractivity contribution in [2.45, 2.75) is 37.8 Å². The molecule has 0 bridgehead atoms. The molecule has 1 aromatic rings. The highest BCUT2D eigenvalue weighted by molar-refractivity contribution is 7.98. The SMILES string of the molecule is CC(C)c1nc(CN)c2c(n1)CSC2. The predicted molar refractivity (Wildman–Crippen MR) is 59.0 cm³/mol. The van der Waals surface area contributed by atoms with Crippen LogP contribution in [0.1, 0.15) is 42.5 Å². The summed E-state index contributed by atoms with van der Waals surface area (Å²) in [4.78, 5) is 9.09. The highest BCUT2D eigenvalue weighted by Crippen LogP contribution is 2.30. The molecule has 3 nitrogen and oxygen atoms in total. The second-order valence-electron chi connectivity index (χ2n) is 3.81. The van der Waals surface area contributed by atoms with Crippen LogP contribution in [0.3, 0.4) is 0 Å². The first-order valence-electron chi connectivity index (χ1n) is 4.88. The Labute approximate surface area is 88.5 Å². The minimum atomic E-state index is 0.385. The zero-order valence-corrected chi connectivity index (χ0v) is 9.40. The molecule has 0 fully saturated rings. The number of nitrogens with two attached hydrogens (primary N) is 1. The average Bonchev–Trinajstić information content (AvgIpc) is 2.63. The Kier molecular flexibility index (Phi) is 2.74. The third-order valence-electron chi connectivity index (χ3n) is 2.39. The molecule has 0 atom stereocenters. The van der Waals surface area contributed by atoms with Crippen molar-refractivity contribution in [3.63, 3.8) is 0 Å². The summed E-state index contributed by atoms with van der Waals surface area (Å²) in [6, 6.07) is 0. The fraction of sp³-hybridized carbons (Fsp3) is 0.600. The van der Waals surface area contributed by atoms with E-state index in [0.29, 0.717) is 12.5 Å². The molecule has 2 heterocycles. The van der Waals surface area contributed by atoms with Crippen LogP contribution in [0.25, 0.3) is 0 Å². The number of rotatable bonds is 2. The summed E-state index contributed by atoms with van der Waals surface area (Å²) in [5.41, 5.74) is 9.22. The molecule has 2 rings (SSSR count). The van der Waals surface area contributed by atoms with Gasteiger partial charge in [0.05, 0.1) is 11.4 Å². The normalized spacial score (nSPS) is 14.9. The van der Waals surface area contributed by atoms with Gasteiger partial charge in [0.1, 0.15) is 5.82 Å². The summed E-state index contributed by atoms with van der Waals surface area (Å²) >= 11 is 1.89. The van der Waals surface area contributed by atoms with Crippen LogP contribution in [0, 0.1) is 0 Å². The molecule has 0 radical (unpaired) electrons. The maximum atomic E-state index is 5.69. The van der Waals surface area contributed by atoms with E-state index in [4.69, 9.17) is 5.73 Å². The minimum Gasteiger partial charge on any atom is -0.325 e. The second-order valence-corrected chi connectivity index (χ2v) is 4.79. The van der Waals surface area contributed by atoms with E-state index in [0.717, 1.165) is 23.0 Å². The molecule has 0 spiro atoms. The van der Waals surface area contributed by atoms with E-state index < -0.39 is 0 Å². The first-order valence-corrected chi connectivity index (χ1v) is 6.04. The first-order chi connectivity index (χ1) is 6.72. The topological polar surface area (TPSA) is 51.8 Å². The molecule has 0 aromatic carbocycles. The molecular formula is C10H15N3S. The quantitative estimate of drug-likeness (QED) is 0.807. The Hall–Kier alpha value is -0.610. The van der Waals surface area contributed by atoms with Crippen LogP contribution < -0.4 is 5.73 Å². The fourth-order valence-electron chi connectivity index (χ4n) is 1.57. The maximum Gasteiger partial charge on any atom is 0.131 e. The summed E-state index contributed by atoms with van der Waals surface area (Å²) in [6.45, 7) is 4.76. The highest BCUT2D eigenvalue weighted by Gasteiger charge is 2.19.